The molecule has 1 aliphatic carbocycles. The summed E-state index contributed by atoms with van der Waals surface area (Å²) in [7, 11) is -3.18. The van der Waals surface area contributed by atoms with Gasteiger partial charge in [-0.1, -0.05) is 0 Å². The van der Waals surface area contributed by atoms with Crippen molar-refractivity contribution in [3.63, 3.8) is 0 Å². The molecule has 2 rings (SSSR count). The van der Waals surface area contributed by atoms with Crippen molar-refractivity contribution in [3.8, 4) is 0 Å². The van der Waals surface area contributed by atoms with E-state index in [1.54, 1.807) is 6.92 Å². The van der Waals surface area contributed by atoms with E-state index in [1.165, 1.54) is 0 Å². The number of hydrogen-bond donors (Lipinski definition) is 3. The van der Waals surface area contributed by atoms with Crippen molar-refractivity contribution in [2.24, 2.45) is 5.92 Å². The molecule has 2 aliphatic rings. The van der Waals surface area contributed by atoms with Gasteiger partial charge in [-0.05, 0) is 39.0 Å². The fourth-order valence-corrected chi connectivity index (χ4v) is 3.27. The Morgan fingerprint density at radius 2 is 2.00 bits per heavy atom. The summed E-state index contributed by atoms with van der Waals surface area (Å²) in [6, 6.07) is -0.151. The molecule has 1 amide bonds. The molecular weight excluding hydrogens is 308 g/mol. The monoisotopic (exact) mass is 334 g/mol. The van der Waals surface area contributed by atoms with Gasteiger partial charge in [0.05, 0.1) is 24.5 Å². The van der Waals surface area contributed by atoms with Crippen molar-refractivity contribution < 1.29 is 23.1 Å². The third-order valence-corrected chi connectivity index (χ3v) is 5.64. The Morgan fingerprint density at radius 3 is 2.59 bits per heavy atom. The van der Waals surface area contributed by atoms with Gasteiger partial charge in [0.1, 0.15) is 6.10 Å². The zero-order valence-corrected chi connectivity index (χ0v) is 13.8. The molecule has 0 spiro atoms. The summed E-state index contributed by atoms with van der Waals surface area (Å²) in [6.07, 6.45) is 3.45. The lowest BCUT2D eigenvalue weighted by molar-refractivity contribution is -0.129. The Labute approximate surface area is 131 Å². The molecule has 0 unspecified atom stereocenters. The molecule has 0 aromatic carbocycles. The average Bonchev–Trinajstić information content (AvgIpc) is 3.33. The largest absolute Gasteiger partial charge is 0.394 e. The van der Waals surface area contributed by atoms with Gasteiger partial charge in [-0.3, -0.25) is 4.79 Å². The van der Waals surface area contributed by atoms with Gasteiger partial charge in [-0.2, -0.15) is 0 Å². The molecule has 2 fully saturated rings. The summed E-state index contributed by atoms with van der Waals surface area (Å²) >= 11 is 0. The van der Waals surface area contributed by atoms with Crippen LogP contribution in [-0.4, -0.2) is 56.6 Å². The first kappa shape index (κ1) is 17.7. The second-order valence-electron chi connectivity index (χ2n) is 6.03. The molecule has 22 heavy (non-hydrogen) atoms. The van der Waals surface area contributed by atoms with Crippen LogP contribution in [0.2, 0.25) is 0 Å². The third kappa shape index (κ3) is 5.19. The molecule has 1 saturated heterocycles. The van der Waals surface area contributed by atoms with Crippen LogP contribution in [0.1, 0.15) is 39.0 Å². The molecule has 1 aliphatic heterocycles. The van der Waals surface area contributed by atoms with Crippen molar-refractivity contribution in [3.05, 3.63) is 0 Å². The van der Waals surface area contributed by atoms with Crippen molar-refractivity contribution in [2.75, 3.05) is 18.9 Å². The highest BCUT2D eigenvalue weighted by atomic mass is 32.2. The molecular formula is C14H26N2O5S. The van der Waals surface area contributed by atoms with Crippen LogP contribution in [0.15, 0.2) is 0 Å². The maximum absolute atomic E-state index is 11.8. The molecule has 3 N–H and O–H groups in total. The fraction of sp³-hybridized carbons (Fsp3) is 0.929. The number of carbonyl (C=O) groups is 1. The SMILES string of the molecule is CCS(=O)(=O)NCC[C@H]1CC[C@H](NC(=O)C2CC2)[C@@H](CO)O1. The number of nitrogens with one attached hydrogen (secondary N) is 2. The summed E-state index contributed by atoms with van der Waals surface area (Å²) in [4.78, 5) is 11.8. The summed E-state index contributed by atoms with van der Waals surface area (Å²) in [5.74, 6) is 0.259. The minimum atomic E-state index is -3.18. The zero-order chi connectivity index (χ0) is 16.2. The van der Waals surface area contributed by atoms with E-state index in [2.05, 4.69) is 10.0 Å². The van der Waals surface area contributed by atoms with E-state index in [-0.39, 0.29) is 36.3 Å². The highest BCUT2D eigenvalue weighted by Gasteiger charge is 2.36. The Hall–Kier alpha value is -0.700. The van der Waals surface area contributed by atoms with E-state index >= 15 is 0 Å². The number of aliphatic hydroxyl groups is 1. The molecule has 128 valence electrons. The van der Waals surface area contributed by atoms with Gasteiger partial charge in [0, 0.05) is 12.5 Å². The van der Waals surface area contributed by atoms with Crippen molar-refractivity contribution in [1.29, 1.82) is 0 Å². The van der Waals surface area contributed by atoms with E-state index < -0.39 is 16.1 Å². The van der Waals surface area contributed by atoms with Gasteiger partial charge >= 0.3 is 0 Å². The number of aliphatic hydroxyl groups excluding tert-OH is 1. The van der Waals surface area contributed by atoms with E-state index in [4.69, 9.17) is 4.74 Å². The molecule has 1 heterocycles. The maximum atomic E-state index is 11.8. The minimum Gasteiger partial charge on any atom is -0.394 e. The smallest absolute Gasteiger partial charge is 0.223 e. The van der Waals surface area contributed by atoms with Gasteiger partial charge in [-0.15, -0.1) is 0 Å². The molecule has 0 aromatic rings. The van der Waals surface area contributed by atoms with Crippen molar-refractivity contribution >= 4 is 15.9 Å². The first-order valence-corrected chi connectivity index (χ1v) is 9.64. The minimum absolute atomic E-state index is 0.0567. The highest BCUT2D eigenvalue weighted by molar-refractivity contribution is 7.89. The molecule has 3 atom stereocenters. The van der Waals surface area contributed by atoms with E-state index in [0.29, 0.717) is 13.0 Å². The van der Waals surface area contributed by atoms with Gasteiger partial charge < -0.3 is 15.2 Å². The summed E-state index contributed by atoms with van der Waals surface area (Å²) in [5.41, 5.74) is 0. The number of rotatable bonds is 8. The Bertz CT molecular complexity index is 478. The fourth-order valence-electron chi connectivity index (χ4n) is 2.63. The Morgan fingerprint density at radius 1 is 1.27 bits per heavy atom. The Balaban J connectivity index is 1.75. The molecule has 0 radical (unpaired) electrons. The summed E-state index contributed by atoms with van der Waals surface area (Å²) in [5, 5.41) is 12.4. The number of sulfonamides is 1. The topological polar surface area (TPSA) is 105 Å². The number of ether oxygens (including phenoxy) is 1. The van der Waals surface area contributed by atoms with E-state index in [1.807, 2.05) is 0 Å². The predicted molar refractivity (Wildman–Crippen MR) is 81.7 cm³/mol. The third-order valence-electron chi connectivity index (χ3n) is 4.24. The van der Waals surface area contributed by atoms with Crippen molar-refractivity contribution in [2.45, 2.75) is 57.3 Å². The van der Waals surface area contributed by atoms with Crippen LogP contribution in [0.25, 0.3) is 0 Å². The van der Waals surface area contributed by atoms with E-state index in [0.717, 1.165) is 25.7 Å². The lowest BCUT2D eigenvalue weighted by atomic mass is 9.97. The Kier molecular flexibility index (Phi) is 6.19. The normalized spacial score (nSPS) is 29.3. The van der Waals surface area contributed by atoms with Crippen LogP contribution >= 0.6 is 0 Å². The number of carbonyl (C=O) groups excluding carboxylic acids is 1. The van der Waals surface area contributed by atoms with Crippen LogP contribution in [0.3, 0.4) is 0 Å². The number of amides is 1. The average molecular weight is 334 g/mol. The second-order valence-corrected chi connectivity index (χ2v) is 8.13. The van der Waals surface area contributed by atoms with E-state index in [9.17, 15) is 18.3 Å². The summed E-state index contributed by atoms with van der Waals surface area (Å²) < 4.78 is 31.0. The highest BCUT2D eigenvalue weighted by Crippen LogP contribution is 2.30. The standard InChI is InChI=1S/C14H26N2O5S/c1-2-22(19,20)15-8-7-11-5-6-12(13(9-17)21-11)16-14(18)10-3-4-10/h10-13,15,17H,2-9H2,1H3,(H,16,18)/t11-,12+,13-/m1/s1. The lowest BCUT2D eigenvalue weighted by Crippen LogP contribution is -2.51. The van der Waals surface area contributed by atoms with Crippen LogP contribution in [0, 0.1) is 5.92 Å². The first-order chi connectivity index (χ1) is 10.4. The van der Waals surface area contributed by atoms with Gasteiger partial charge in [0.15, 0.2) is 0 Å². The van der Waals surface area contributed by atoms with Gasteiger partial charge in [0.2, 0.25) is 15.9 Å². The zero-order valence-electron chi connectivity index (χ0n) is 13.0. The molecule has 1 saturated carbocycles. The lowest BCUT2D eigenvalue weighted by Gasteiger charge is -2.36. The van der Waals surface area contributed by atoms with Crippen molar-refractivity contribution in [1.82, 2.24) is 10.0 Å². The molecule has 8 heteroatoms. The van der Waals surface area contributed by atoms with Gasteiger partial charge in [0.25, 0.3) is 0 Å². The number of hydrogen-bond acceptors (Lipinski definition) is 5. The first-order valence-electron chi connectivity index (χ1n) is 7.99. The second kappa shape index (κ2) is 7.72. The summed E-state index contributed by atoms with van der Waals surface area (Å²) in [6.45, 7) is 1.78. The van der Waals surface area contributed by atoms with Crippen LogP contribution < -0.4 is 10.0 Å². The quantitative estimate of drug-likeness (QED) is 0.568. The predicted octanol–water partition coefficient (Wildman–Crippen LogP) is -0.249. The molecule has 0 bridgehead atoms. The van der Waals surface area contributed by atoms with Gasteiger partial charge in [-0.25, -0.2) is 13.1 Å². The molecule has 7 nitrogen and oxygen atoms in total. The maximum Gasteiger partial charge on any atom is 0.223 e. The van der Waals surface area contributed by atoms with Crippen LogP contribution in [0.5, 0.6) is 0 Å². The van der Waals surface area contributed by atoms with Crippen LogP contribution in [0.4, 0.5) is 0 Å². The van der Waals surface area contributed by atoms with Crippen LogP contribution in [-0.2, 0) is 19.6 Å². The molecule has 0 aromatic heterocycles.